The first-order chi connectivity index (χ1) is 4.22. The molecule has 0 bridgehead atoms. The first-order valence-electron chi connectivity index (χ1n) is 2.60. The first kappa shape index (κ1) is 7.88. The Bertz CT molecular complexity index is 143. The summed E-state index contributed by atoms with van der Waals surface area (Å²) < 4.78 is 21.5. The van der Waals surface area contributed by atoms with E-state index in [1.54, 1.807) is 0 Å². The zero-order valence-electron chi connectivity index (χ0n) is 4.71. The maximum Gasteiger partial charge on any atom is 0.164 e. The summed E-state index contributed by atoms with van der Waals surface area (Å²) in [5.41, 5.74) is 0. The topological polar surface area (TPSA) is 34.1 Å². The lowest BCUT2D eigenvalue weighted by molar-refractivity contribution is 0.671. The van der Waals surface area contributed by atoms with Crippen molar-refractivity contribution in [2.45, 2.75) is 9.91 Å². The van der Waals surface area contributed by atoms with Crippen LogP contribution in [0.15, 0.2) is 0 Å². The standard InChI is InChI=1S/C4H7BrO2S2/c5-4-8(6)2-1-3-9(4)7/h4H,1-3H2. The van der Waals surface area contributed by atoms with Gasteiger partial charge >= 0.3 is 0 Å². The second-order valence-corrected chi connectivity index (χ2v) is 7.51. The third kappa shape index (κ3) is 1.85. The highest BCUT2D eigenvalue weighted by molar-refractivity contribution is 9.12. The van der Waals surface area contributed by atoms with Crippen LogP contribution in [0.3, 0.4) is 0 Å². The van der Waals surface area contributed by atoms with Crippen molar-refractivity contribution < 1.29 is 8.42 Å². The molecule has 0 aromatic rings. The molecular formula is C4H7BrO2S2. The molecule has 0 N–H and O–H groups in total. The minimum Gasteiger partial charge on any atom is -0.257 e. The molecule has 1 aliphatic heterocycles. The van der Waals surface area contributed by atoms with Gasteiger partial charge < -0.3 is 0 Å². The lowest BCUT2D eigenvalue weighted by Crippen LogP contribution is -2.25. The van der Waals surface area contributed by atoms with Gasteiger partial charge in [0.2, 0.25) is 0 Å². The normalized spacial score (nSPS) is 44.8. The fraction of sp³-hybridized carbons (Fsp3) is 1.00. The van der Waals surface area contributed by atoms with Crippen molar-refractivity contribution in [3.8, 4) is 0 Å². The van der Waals surface area contributed by atoms with Crippen molar-refractivity contribution in [3.05, 3.63) is 0 Å². The van der Waals surface area contributed by atoms with Crippen LogP contribution in [0.5, 0.6) is 0 Å². The van der Waals surface area contributed by atoms with Crippen molar-refractivity contribution in [1.29, 1.82) is 0 Å². The molecule has 9 heavy (non-hydrogen) atoms. The van der Waals surface area contributed by atoms with E-state index in [4.69, 9.17) is 0 Å². The molecule has 2 unspecified atom stereocenters. The molecule has 1 saturated heterocycles. The summed E-state index contributed by atoms with van der Waals surface area (Å²) in [4.78, 5) is 0. The van der Waals surface area contributed by atoms with E-state index < -0.39 is 21.6 Å². The highest BCUT2D eigenvalue weighted by atomic mass is 79.9. The maximum atomic E-state index is 10.9. The van der Waals surface area contributed by atoms with Crippen molar-refractivity contribution in [3.63, 3.8) is 0 Å². The van der Waals surface area contributed by atoms with Crippen LogP contribution < -0.4 is 0 Å². The Labute approximate surface area is 67.4 Å². The molecule has 1 rings (SSSR count). The summed E-state index contributed by atoms with van der Waals surface area (Å²) in [6.07, 6.45) is 0.835. The smallest absolute Gasteiger partial charge is 0.164 e. The zero-order chi connectivity index (χ0) is 6.85. The van der Waals surface area contributed by atoms with E-state index in [0.717, 1.165) is 6.42 Å². The Hall–Kier alpha value is 0.780. The molecule has 0 spiro atoms. The molecule has 5 heteroatoms. The Kier molecular flexibility index (Phi) is 2.85. The van der Waals surface area contributed by atoms with Crippen LogP contribution in [0.25, 0.3) is 0 Å². The molecule has 0 radical (unpaired) electrons. The minimum absolute atomic E-state index is 0.272. The molecule has 0 aromatic heterocycles. The molecular weight excluding hydrogens is 224 g/mol. The molecule has 0 amide bonds. The highest BCUT2D eigenvalue weighted by Gasteiger charge is 2.24. The van der Waals surface area contributed by atoms with E-state index in [2.05, 4.69) is 15.9 Å². The number of hydrogen-bond donors (Lipinski definition) is 0. The molecule has 0 aromatic carbocycles. The van der Waals surface area contributed by atoms with Crippen LogP contribution in [0.2, 0.25) is 0 Å². The highest BCUT2D eigenvalue weighted by Crippen LogP contribution is 2.17. The van der Waals surface area contributed by atoms with Gasteiger partial charge in [-0.25, -0.2) is 0 Å². The minimum atomic E-state index is -0.899. The molecule has 2 nitrogen and oxygen atoms in total. The van der Waals surface area contributed by atoms with Crippen LogP contribution in [0, 0.1) is 0 Å². The van der Waals surface area contributed by atoms with Crippen molar-refractivity contribution >= 4 is 37.5 Å². The fourth-order valence-corrected chi connectivity index (χ4v) is 4.72. The summed E-state index contributed by atoms with van der Waals surface area (Å²) in [6.45, 7) is 0. The van der Waals surface area contributed by atoms with E-state index in [-0.39, 0.29) is 3.49 Å². The van der Waals surface area contributed by atoms with Crippen LogP contribution in [-0.2, 0) is 21.6 Å². The quantitative estimate of drug-likeness (QED) is 0.571. The van der Waals surface area contributed by atoms with Gasteiger partial charge in [-0.3, -0.25) is 8.42 Å². The first-order valence-corrected chi connectivity index (χ1v) is 6.28. The van der Waals surface area contributed by atoms with Gasteiger partial charge in [0.25, 0.3) is 0 Å². The van der Waals surface area contributed by atoms with Crippen LogP contribution >= 0.6 is 15.9 Å². The van der Waals surface area contributed by atoms with Gasteiger partial charge in [0.1, 0.15) is 0 Å². The third-order valence-electron chi connectivity index (χ3n) is 1.10. The molecule has 0 saturated carbocycles. The summed E-state index contributed by atoms with van der Waals surface area (Å²) in [5.74, 6) is 1.39. The van der Waals surface area contributed by atoms with E-state index in [1.807, 2.05) is 0 Å². The van der Waals surface area contributed by atoms with Gasteiger partial charge in [0, 0.05) is 33.1 Å². The summed E-state index contributed by atoms with van der Waals surface area (Å²) in [7, 11) is -1.80. The average Bonchev–Trinajstić information content (AvgIpc) is 1.83. The lowest BCUT2D eigenvalue weighted by Gasteiger charge is -2.14. The Morgan fingerprint density at radius 1 is 1.22 bits per heavy atom. The summed E-state index contributed by atoms with van der Waals surface area (Å²) in [6, 6.07) is 0. The summed E-state index contributed by atoms with van der Waals surface area (Å²) >= 11 is 3.12. The van der Waals surface area contributed by atoms with Crippen molar-refractivity contribution in [2.75, 3.05) is 11.5 Å². The second-order valence-electron chi connectivity index (χ2n) is 1.80. The zero-order valence-corrected chi connectivity index (χ0v) is 7.93. The molecule has 1 fully saturated rings. The molecule has 1 aliphatic rings. The Balaban J connectivity index is 2.62. The maximum absolute atomic E-state index is 10.9. The summed E-state index contributed by atoms with van der Waals surface area (Å²) in [5, 5.41) is 0. The fourth-order valence-electron chi connectivity index (χ4n) is 0.648. The largest absolute Gasteiger partial charge is 0.257 e. The van der Waals surface area contributed by atoms with Gasteiger partial charge in [-0.1, -0.05) is 15.9 Å². The SMILES string of the molecule is O=S1CCCS(=O)C1Br. The number of halogens is 1. The molecule has 54 valence electrons. The number of alkyl halides is 1. The van der Waals surface area contributed by atoms with Crippen LogP contribution in [-0.4, -0.2) is 23.4 Å². The number of hydrogen-bond acceptors (Lipinski definition) is 2. The third-order valence-corrected chi connectivity index (χ3v) is 7.10. The second kappa shape index (κ2) is 3.25. The molecule has 0 aliphatic carbocycles. The van der Waals surface area contributed by atoms with Gasteiger partial charge in [0.05, 0.1) is 0 Å². The van der Waals surface area contributed by atoms with E-state index in [1.165, 1.54) is 0 Å². The monoisotopic (exact) mass is 230 g/mol. The Morgan fingerprint density at radius 2 is 1.67 bits per heavy atom. The van der Waals surface area contributed by atoms with E-state index in [9.17, 15) is 8.42 Å². The van der Waals surface area contributed by atoms with Gasteiger partial charge in [-0.15, -0.1) is 0 Å². The lowest BCUT2D eigenvalue weighted by atomic mass is 10.6. The van der Waals surface area contributed by atoms with Gasteiger partial charge in [-0.2, -0.15) is 0 Å². The van der Waals surface area contributed by atoms with Crippen LogP contribution in [0.1, 0.15) is 6.42 Å². The molecule has 1 heterocycles. The molecule has 2 atom stereocenters. The van der Waals surface area contributed by atoms with Crippen molar-refractivity contribution in [1.82, 2.24) is 0 Å². The Morgan fingerprint density at radius 3 is 2.00 bits per heavy atom. The number of rotatable bonds is 0. The predicted octanol–water partition coefficient (Wildman–Crippen LogP) is 0.566. The van der Waals surface area contributed by atoms with Gasteiger partial charge in [0.15, 0.2) is 3.49 Å². The van der Waals surface area contributed by atoms with Crippen molar-refractivity contribution in [2.24, 2.45) is 0 Å². The predicted molar refractivity (Wildman–Crippen MR) is 43.4 cm³/mol. The van der Waals surface area contributed by atoms with E-state index in [0.29, 0.717) is 11.5 Å². The van der Waals surface area contributed by atoms with Crippen LogP contribution in [0.4, 0.5) is 0 Å². The average molecular weight is 231 g/mol. The van der Waals surface area contributed by atoms with E-state index >= 15 is 0 Å². The van der Waals surface area contributed by atoms with Gasteiger partial charge in [-0.05, 0) is 6.42 Å².